The zero-order valence-corrected chi connectivity index (χ0v) is 21.2. The Hall–Kier alpha value is -3.33. The second kappa shape index (κ2) is 10.5. The molecular formula is C26H36N6O3. The summed E-state index contributed by atoms with van der Waals surface area (Å²) in [6.07, 6.45) is 4.58. The maximum absolute atomic E-state index is 13.7. The lowest BCUT2D eigenvalue weighted by Crippen LogP contribution is -2.44. The first-order valence-corrected chi connectivity index (χ1v) is 12.4. The van der Waals surface area contributed by atoms with Crippen LogP contribution in [0.3, 0.4) is 0 Å². The highest BCUT2D eigenvalue weighted by Crippen LogP contribution is 2.23. The van der Waals surface area contributed by atoms with Crippen LogP contribution in [0, 0.1) is 0 Å². The quantitative estimate of drug-likeness (QED) is 0.497. The Labute approximate surface area is 205 Å². The van der Waals surface area contributed by atoms with Gasteiger partial charge in [-0.15, -0.1) is 0 Å². The third-order valence-corrected chi connectivity index (χ3v) is 6.49. The first-order chi connectivity index (χ1) is 16.8. The van der Waals surface area contributed by atoms with Crippen molar-refractivity contribution in [2.75, 3.05) is 24.6 Å². The molecule has 9 heteroatoms. The molecule has 2 aromatic heterocycles. The third kappa shape index (κ3) is 5.19. The van der Waals surface area contributed by atoms with Crippen molar-refractivity contribution in [3.05, 3.63) is 62.3 Å². The molecule has 188 valence electrons. The van der Waals surface area contributed by atoms with E-state index in [0.717, 1.165) is 36.3 Å². The van der Waals surface area contributed by atoms with E-state index in [1.165, 1.54) is 9.13 Å². The van der Waals surface area contributed by atoms with Crippen LogP contribution in [0.4, 0.5) is 5.95 Å². The van der Waals surface area contributed by atoms with Gasteiger partial charge >= 0.3 is 5.69 Å². The zero-order valence-electron chi connectivity index (χ0n) is 21.2. The van der Waals surface area contributed by atoms with E-state index < -0.39 is 0 Å². The second-order valence-corrected chi connectivity index (χ2v) is 9.45. The van der Waals surface area contributed by atoms with E-state index in [2.05, 4.69) is 11.0 Å². The fraction of sp³-hybridized carbons (Fsp3) is 0.500. The monoisotopic (exact) mass is 480 g/mol. The Kier molecular flexibility index (Phi) is 7.45. The molecule has 35 heavy (non-hydrogen) atoms. The number of benzene rings is 1. The molecule has 1 aromatic carbocycles. The van der Waals surface area contributed by atoms with Gasteiger partial charge in [0.05, 0.1) is 6.61 Å². The molecule has 1 unspecified atom stereocenters. The fourth-order valence-corrected chi connectivity index (χ4v) is 4.60. The normalized spacial score (nSPS) is 16.0. The summed E-state index contributed by atoms with van der Waals surface area (Å²) >= 11 is 0. The van der Waals surface area contributed by atoms with E-state index in [1.54, 1.807) is 7.05 Å². The van der Waals surface area contributed by atoms with E-state index in [0.29, 0.717) is 43.2 Å². The molecule has 0 radical (unpaired) electrons. The summed E-state index contributed by atoms with van der Waals surface area (Å²) in [5, 5.41) is 0. The van der Waals surface area contributed by atoms with Gasteiger partial charge < -0.3 is 19.9 Å². The van der Waals surface area contributed by atoms with Gasteiger partial charge in [-0.2, -0.15) is 4.98 Å². The number of nitrogens with two attached hydrogens (primary N) is 1. The fourth-order valence-electron chi connectivity index (χ4n) is 4.60. The molecule has 1 fully saturated rings. The maximum atomic E-state index is 13.7. The standard InChI is InChI=1S/C26H36N6O3/c1-5-35-21-10-8-19(9-11-21)13-16-32-24(33)22-23(29(4)26(32)34)28-25(31(22)15-12-18(2)3)30-14-6-7-20(27)17-30/h8-12,20H,5-7,13-17,27H2,1-4H3. The van der Waals surface area contributed by atoms with Gasteiger partial charge in [-0.05, 0) is 57.7 Å². The molecule has 3 aromatic rings. The highest BCUT2D eigenvalue weighted by Gasteiger charge is 2.26. The summed E-state index contributed by atoms with van der Waals surface area (Å²) in [5.41, 5.74) is 8.61. The highest BCUT2D eigenvalue weighted by atomic mass is 16.5. The van der Waals surface area contributed by atoms with Crippen LogP contribution in [0.1, 0.15) is 39.2 Å². The molecule has 0 spiro atoms. The van der Waals surface area contributed by atoms with Crippen LogP contribution in [-0.4, -0.2) is 44.4 Å². The van der Waals surface area contributed by atoms with Crippen molar-refractivity contribution in [1.29, 1.82) is 0 Å². The van der Waals surface area contributed by atoms with Crippen molar-refractivity contribution in [1.82, 2.24) is 18.7 Å². The first kappa shape index (κ1) is 24.8. The lowest BCUT2D eigenvalue weighted by atomic mass is 10.1. The molecule has 9 nitrogen and oxygen atoms in total. The Morgan fingerprint density at radius 2 is 1.94 bits per heavy atom. The van der Waals surface area contributed by atoms with E-state index in [4.69, 9.17) is 15.5 Å². The van der Waals surface area contributed by atoms with Crippen LogP contribution in [0.15, 0.2) is 45.5 Å². The van der Waals surface area contributed by atoms with Gasteiger partial charge in [0.15, 0.2) is 11.2 Å². The smallest absolute Gasteiger partial charge is 0.332 e. The van der Waals surface area contributed by atoms with Crippen molar-refractivity contribution >= 4 is 17.1 Å². The van der Waals surface area contributed by atoms with Gasteiger partial charge in [-0.25, -0.2) is 4.79 Å². The third-order valence-electron chi connectivity index (χ3n) is 6.49. The molecule has 0 bridgehead atoms. The number of ether oxygens (including phenoxy) is 1. The molecular weight excluding hydrogens is 444 g/mol. The predicted octanol–water partition coefficient (Wildman–Crippen LogP) is 2.43. The van der Waals surface area contributed by atoms with Gasteiger partial charge in [-0.3, -0.25) is 13.9 Å². The number of rotatable bonds is 8. The number of piperidine rings is 1. The maximum Gasteiger partial charge on any atom is 0.332 e. The summed E-state index contributed by atoms with van der Waals surface area (Å²) in [5.74, 6) is 1.50. The number of allylic oxidation sites excluding steroid dienone is 2. The molecule has 1 atom stereocenters. The average Bonchev–Trinajstić information content (AvgIpc) is 3.22. The van der Waals surface area contributed by atoms with Gasteiger partial charge in [0.25, 0.3) is 5.56 Å². The number of aryl methyl sites for hydroxylation is 2. The van der Waals surface area contributed by atoms with Gasteiger partial charge in [-0.1, -0.05) is 23.8 Å². The Morgan fingerprint density at radius 1 is 1.20 bits per heavy atom. The van der Waals surface area contributed by atoms with Crippen molar-refractivity contribution in [3.63, 3.8) is 0 Å². The Bertz CT molecular complexity index is 1330. The van der Waals surface area contributed by atoms with Crippen molar-refractivity contribution in [3.8, 4) is 5.75 Å². The van der Waals surface area contributed by atoms with E-state index >= 15 is 0 Å². The topological polar surface area (TPSA) is 100 Å². The Balaban J connectivity index is 1.76. The average molecular weight is 481 g/mol. The van der Waals surface area contributed by atoms with Gasteiger partial charge in [0.2, 0.25) is 5.95 Å². The number of fused-ring (bicyclic) bond motifs is 1. The van der Waals surface area contributed by atoms with Crippen LogP contribution in [0.2, 0.25) is 0 Å². The van der Waals surface area contributed by atoms with E-state index in [1.807, 2.05) is 49.6 Å². The molecule has 4 rings (SSSR count). The number of anilines is 1. The van der Waals surface area contributed by atoms with Crippen molar-refractivity contribution < 1.29 is 4.74 Å². The molecule has 1 saturated heterocycles. The molecule has 0 amide bonds. The molecule has 2 N–H and O–H groups in total. The van der Waals surface area contributed by atoms with E-state index in [9.17, 15) is 9.59 Å². The van der Waals surface area contributed by atoms with Crippen LogP contribution in [0.5, 0.6) is 5.75 Å². The van der Waals surface area contributed by atoms with Crippen LogP contribution < -0.4 is 26.6 Å². The highest BCUT2D eigenvalue weighted by molar-refractivity contribution is 5.74. The minimum Gasteiger partial charge on any atom is -0.494 e. The second-order valence-electron chi connectivity index (χ2n) is 9.45. The Morgan fingerprint density at radius 3 is 2.60 bits per heavy atom. The largest absolute Gasteiger partial charge is 0.494 e. The van der Waals surface area contributed by atoms with Crippen molar-refractivity contribution in [2.45, 2.75) is 59.2 Å². The number of imidazole rings is 1. The van der Waals surface area contributed by atoms with Gasteiger partial charge in [0.1, 0.15) is 5.75 Å². The molecule has 0 saturated carbocycles. The summed E-state index contributed by atoms with van der Waals surface area (Å²) in [6.45, 7) is 8.90. The van der Waals surface area contributed by atoms with Crippen LogP contribution in [0.25, 0.3) is 11.2 Å². The zero-order chi connectivity index (χ0) is 25.1. The van der Waals surface area contributed by atoms with Crippen molar-refractivity contribution in [2.24, 2.45) is 12.8 Å². The number of hydrogen-bond acceptors (Lipinski definition) is 6. The predicted molar refractivity (Wildman–Crippen MR) is 139 cm³/mol. The SMILES string of the molecule is CCOc1ccc(CCn2c(=O)c3c(nc(N4CCCC(N)C4)n3CC=C(C)C)n(C)c2=O)cc1. The summed E-state index contributed by atoms with van der Waals surface area (Å²) in [6, 6.07) is 7.82. The minimum atomic E-state index is -0.359. The molecule has 1 aliphatic rings. The summed E-state index contributed by atoms with van der Waals surface area (Å²) in [4.78, 5) is 33.8. The minimum absolute atomic E-state index is 0.0649. The number of nitrogens with zero attached hydrogens (tertiary/aromatic N) is 5. The molecule has 3 heterocycles. The number of hydrogen-bond donors (Lipinski definition) is 1. The summed E-state index contributed by atoms with van der Waals surface area (Å²) in [7, 11) is 1.68. The summed E-state index contributed by atoms with van der Waals surface area (Å²) < 4.78 is 10.3. The lowest BCUT2D eigenvalue weighted by molar-refractivity contribution is 0.340. The number of aromatic nitrogens is 4. The van der Waals surface area contributed by atoms with Crippen LogP contribution in [-0.2, 0) is 26.6 Å². The lowest BCUT2D eigenvalue weighted by Gasteiger charge is -2.31. The molecule has 1 aliphatic heterocycles. The molecule has 0 aliphatic carbocycles. The first-order valence-electron chi connectivity index (χ1n) is 12.4. The van der Waals surface area contributed by atoms with Gasteiger partial charge in [0, 0.05) is 39.3 Å². The van der Waals surface area contributed by atoms with Crippen LogP contribution >= 0.6 is 0 Å². The van der Waals surface area contributed by atoms with E-state index in [-0.39, 0.29) is 23.8 Å².